The summed E-state index contributed by atoms with van der Waals surface area (Å²) in [7, 11) is 0. The van der Waals surface area contributed by atoms with Crippen LogP contribution in [0.2, 0.25) is 0 Å². The number of unbranched alkanes of at least 4 members (excludes halogenated alkanes) is 6. The number of allylic oxidation sites excluding steroid dienone is 4. The molecule has 0 aliphatic heterocycles. The summed E-state index contributed by atoms with van der Waals surface area (Å²) in [5.41, 5.74) is 4.44. The molecule has 3 nitrogen and oxygen atoms in total. The number of ketones is 2. The van der Waals surface area contributed by atoms with E-state index < -0.39 is 0 Å². The van der Waals surface area contributed by atoms with Crippen molar-refractivity contribution in [1.82, 2.24) is 0 Å². The molecule has 0 unspecified atom stereocenters. The number of aliphatic hydroxyl groups excluding tert-OH is 1. The van der Waals surface area contributed by atoms with E-state index in [1.807, 2.05) is 6.08 Å². The lowest BCUT2D eigenvalue weighted by Crippen LogP contribution is -2.42. The van der Waals surface area contributed by atoms with E-state index in [1.54, 1.807) is 5.57 Å². The van der Waals surface area contributed by atoms with E-state index in [0.29, 0.717) is 36.4 Å². The molecule has 0 heterocycles. The molecule has 0 aromatic carbocycles. The molecule has 2 fully saturated rings. The molecule has 2 saturated carbocycles. The smallest absolute Gasteiger partial charge is 0.156 e. The molecule has 1 N–H and O–H groups in total. The van der Waals surface area contributed by atoms with Crippen LogP contribution in [-0.4, -0.2) is 23.3 Å². The van der Waals surface area contributed by atoms with Crippen LogP contribution in [0.25, 0.3) is 0 Å². The van der Waals surface area contributed by atoms with Gasteiger partial charge in [0.2, 0.25) is 0 Å². The molecule has 3 atom stereocenters. The van der Waals surface area contributed by atoms with Crippen LogP contribution in [-0.2, 0) is 9.59 Å². The topological polar surface area (TPSA) is 54.4 Å². The van der Waals surface area contributed by atoms with Gasteiger partial charge in [0.15, 0.2) is 5.78 Å². The van der Waals surface area contributed by atoms with Crippen LogP contribution in [0.1, 0.15) is 103 Å². The quantitative estimate of drug-likeness (QED) is 0.495. The van der Waals surface area contributed by atoms with E-state index in [1.165, 1.54) is 43.3 Å². The van der Waals surface area contributed by atoms with Crippen molar-refractivity contribution in [2.45, 2.75) is 103 Å². The molecular weight excluding hydrogens is 360 g/mol. The zero-order chi connectivity index (χ0) is 20.3. The average molecular weight is 399 g/mol. The first kappa shape index (κ1) is 21.0. The van der Waals surface area contributed by atoms with Gasteiger partial charge in [-0.25, -0.2) is 0 Å². The van der Waals surface area contributed by atoms with E-state index in [-0.39, 0.29) is 5.41 Å². The summed E-state index contributed by atoms with van der Waals surface area (Å²) in [5.74, 6) is 2.04. The van der Waals surface area contributed by atoms with Crippen LogP contribution in [0.4, 0.5) is 0 Å². The highest BCUT2D eigenvalue weighted by Gasteiger charge is 2.55. The summed E-state index contributed by atoms with van der Waals surface area (Å²) in [6, 6.07) is 0. The van der Waals surface area contributed by atoms with Crippen LogP contribution in [0.15, 0.2) is 22.8 Å². The third-order valence-electron chi connectivity index (χ3n) is 8.46. The molecule has 0 aromatic rings. The van der Waals surface area contributed by atoms with Gasteiger partial charge in [-0.2, -0.15) is 0 Å². The number of Topliss-reactive ketones (excluding diaryl/α,β-unsaturated/α-hetero) is 1. The molecule has 160 valence electrons. The van der Waals surface area contributed by atoms with E-state index in [0.717, 1.165) is 64.2 Å². The highest BCUT2D eigenvalue weighted by atomic mass is 16.2. The molecule has 4 aliphatic rings. The van der Waals surface area contributed by atoms with Crippen LogP contribution >= 0.6 is 0 Å². The van der Waals surface area contributed by atoms with E-state index in [9.17, 15) is 9.59 Å². The minimum Gasteiger partial charge on any atom is -0.396 e. The van der Waals surface area contributed by atoms with Gasteiger partial charge in [0.25, 0.3) is 0 Å². The van der Waals surface area contributed by atoms with Crippen molar-refractivity contribution in [2.75, 3.05) is 6.61 Å². The Kier molecular flexibility index (Phi) is 6.73. The zero-order valence-electron chi connectivity index (χ0n) is 18.0. The first-order valence-corrected chi connectivity index (χ1v) is 12.3. The van der Waals surface area contributed by atoms with Crippen molar-refractivity contribution >= 4 is 11.6 Å². The summed E-state index contributed by atoms with van der Waals surface area (Å²) >= 11 is 0. The van der Waals surface area contributed by atoms with Gasteiger partial charge >= 0.3 is 0 Å². The summed E-state index contributed by atoms with van der Waals surface area (Å²) in [4.78, 5) is 24.9. The fourth-order valence-corrected chi connectivity index (χ4v) is 7.01. The highest BCUT2D eigenvalue weighted by molar-refractivity contribution is 5.93. The Balaban J connectivity index is 1.39. The highest BCUT2D eigenvalue weighted by Crippen LogP contribution is 2.60. The summed E-state index contributed by atoms with van der Waals surface area (Å²) in [6.07, 6.45) is 19.2. The SMILES string of the molecule is O=C1C=C2CC[C@@H]3C(=C2CC1)CC[C@]1(CCCCCCCCCO)C(=O)CC[C@@H]31. The standard InChI is InChI=1S/C26H38O3/c27-17-7-5-3-1-2-4-6-15-26-16-14-22-21-11-9-20(28)18-19(21)8-10-23(22)24(26)12-13-25(26)29/h18,23-24,27H,1-17H2/t23-,24+,26+/m1/s1. The predicted octanol–water partition coefficient (Wildman–Crippen LogP) is 5.85. The molecule has 0 spiro atoms. The summed E-state index contributed by atoms with van der Waals surface area (Å²) in [5, 5.41) is 8.87. The van der Waals surface area contributed by atoms with Crippen molar-refractivity contribution < 1.29 is 14.7 Å². The molecular formula is C26H38O3. The van der Waals surface area contributed by atoms with Gasteiger partial charge in [-0.3, -0.25) is 9.59 Å². The number of fused-ring (bicyclic) bond motifs is 4. The molecule has 0 bridgehead atoms. The van der Waals surface area contributed by atoms with Gasteiger partial charge in [0, 0.05) is 24.9 Å². The Labute approximate surface area is 176 Å². The Morgan fingerprint density at radius 2 is 1.62 bits per heavy atom. The fourth-order valence-electron chi connectivity index (χ4n) is 7.01. The second kappa shape index (κ2) is 9.29. The van der Waals surface area contributed by atoms with Crippen molar-refractivity contribution in [3.8, 4) is 0 Å². The maximum absolute atomic E-state index is 13.1. The molecule has 3 heteroatoms. The molecule has 0 aromatic heterocycles. The summed E-state index contributed by atoms with van der Waals surface area (Å²) < 4.78 is 0. The molecule has 0 saturated heterocycles. The third kappa shape index (κ3) is 4.17. The second-order valence-electron chi connectivity index (χ2n) is 9.96. The van der Waals surface area contributed by atoms with Gasteiger partial charge in [-0.15, -0.1) is 0 Å². The third-order valence-corrected chi connectivity index (χ3v) is 8.46. The number of carbonyl (C=O) groups is 2. The van der Waals surface area contributed by atoms with Crippen molar-refractivity contribution in [3.63, 3.8) is 0 Å². The van der Waals surface area contributed by atoms with Crippen molar-refractivity contribution in [1.29, 1.82) is 0 Å². The number of hydrogen-bond acceptors (Lipinski definition) is 3. The van der Waals surface area contributed by atoms with Crippen LogP contribution in [0.5, 0.6) is 0 Å². The first-order valence-electron chi connectivity index (χ1n) is 12.3. The minimum absolute atomic E-state index is 0.0304. The minimum atomic E-state index is -0.0304. The largest absolute Gasteiger partial charge is 0.396 e. The normalized spacial score (nSPS) is 31.4. The van der Waals surface area contributed by atoms with E-state index in [4.69, 9.17) is 5.11 Å². The lowest BCUT2D eigenvalue weighted by Gasteiger charge is -2.48. The molecule has 29 heavy (non-hydrogen) atoms. The Morgan fingerprint density at radius 1 is 0.862 bits per heavy atom. The van der Waals surface area contributed by atoms with Gasteiger partial charge in [-0.1, -0.05) is 44.1 Å². The van der Waals surface area contributed by atoms with Crippen molar-refractivity contribution in [2.24, 2.45) is 17.3 Å². The van der Waals surface area contributed by atoms with Gasteiger partial charge in [0.05, 0.1) is 0 Å². The number of aliphatic hydroxyl groups is 1. The first-order chi connectivity index (χ1) is 14.2. The Hall–Kier alpha value is -1.22. The number of hydrogen-bond donors (Lipinski definition) is 1. The van der Waals surface area contributed by atoms with Crippen LogP contribution < -0.4 is 0 Å². The van der Waals surface area contributed by atoms with Gasteiger partial charge in [-0.05, 0) is 80.4 Å². The Morgan fingerprint density at radius 3 is 2.41 bits per heavy atom. The molecule has 0 radical (unpaired) electrons. The van der Waals surface area contributed by atoms with Gasteiger partial charge < -0.3 is 5.11 Å². The maximum Gasteiger partial charge on any atom is 0.156 e. The van der Waals surface area contributed by atoms with Crippen molar-refractivity contribution in [3.05, 3.63) is 22.8 Å². The molecule has 0 amide bonds. The second-order valence-corrected chi connectivity index (χ2v) is 9.96. The predicted molar refractivity (Wildman–Crippen MR) is 115 cm³/mol. The Bertz CT molecular complexity index is 701. The lowest BCUT2D eigenvalue weighted by molar-refractivity contribution is -0.129. The summed E-state index contributed by atoms with van der Waals surface area (Å²) in [6.45, 7) is 0.318. The zero-order valence-corrected chi connectivity index (χ0v) is 18.0. The number of carbonyl (C=O) groups excluding carboxylic acids is 2. The monoisotopic (exact) mass is 398 g/mol. The molecule has 4 aliphatic carbocycles. The van der Waals surface area contributed by atoms with E-state index >= 15 is 0 Å². The van der Waals surface area contributed by atoms with Gasteiger partial charge in [0.1, 0.15) is 5.78 Å². The molecule has 4 rings (SSSR count). The van der Waals surface area contributed by atoms with Crippen LogP contribution in [0, 0.1) is 17.3 Å². The lowest BCUT2D eigenvalue weighted by atomic mass is 9.55. The average Bonchev–Trinajstić information content (AvgIpc) is 3.06. The fraction of sp³-hybridized carbons (Fsp3) is 0.769. The van der Waals surface area contributed by atoms with E-state index in [2.05, 4.69) is 0 Å². The maximum atomic E-state index is 13.1. The number of rotatable bonds is 9. The van der Waals surface area contributed by atoms with Crippen LogP contribution in [0.3, 0.4) is 0 Å².